The van der Waals surface area contributed by atoms with Gasteiger partial charge in [0.2, 0.25) is 5.91 Å². The number of methoxy groups -OCH3 is 1. The van der Waals surface area contributed by atoms with E-state index in [2.05, 4.69) is 14.9 Å². The van der Waals surface area contributed by atoms with Crippen LogP contribution < -0.4 is 4.74 Å². The van der Waals surface area contributed by atoms with Crippen molar-refractivity contribution in [3.63, 3.8) is 0 Å². The second-order valence-corrected chi connectivity index (χ2v) is 4.26. The number of aromatic nitrogens is 2. The summed E-state index contributed by atoms with van der Waals surface area (Å²) in [6.45, 7) is 5.66. The molecule has 0 spiro atoms. The third kappa shape index (κ3) is 2.95. The number of likely N-dealkylation sites (N-methyl/N-ethyl adjacent to an activating group) is 1. The minimum Gasteiger partial charge on any atom is -0.467 e. The monoisotopic (exact) mass is 250 g/mol. The van der Waals surface area contributed by atoms with Gasteiger partial charge in [-0.15, -0.1) is 0 Å². The molecule has 1 saturated heterocycles. The Morgan fingerprint density at radius 2 is 2.06 bits per heavy atom. The van der Waals surface area contributed by atoms with Gasteiger partial charge in [0.25, 0.3) is 0 Å². The summed E-state index contributed by atoms with van der Waals surface area (Å²) in [5.41, 5.74) is 0.994. The number of carbonyl (C=O) groups excluding carboxylic acids is 1. The first kappa shape index (κ1) is 12.8. The lowest BCUT2D eigenvalue weighted by molar-refractivity contribution is -0.135. The van der Waals surface area contributed by atoms with Crippen LogP contribution in [-0.4, -0.2) is 59.0 Å². The zero-order valence-corrected chi connectivity index (χ0v) is 10.8. The standard InChI is InChI=1S/C12H18N4O2/c1-3-16-5-4-15(9-11(16)17)8-10-6-13-12(18-2)14-7-10/h6-7H,3-5,8-9H2,1-2H3. The fraction of sp³-hybridized carbons (Fsp3) is 0.583. The Bertz CT molecular complexity index is 407. The molecular weight excluding hydrogens is 232 g/mol. The number of piperazine rings is 1. The summed E-state index contributed by atoms with van der Waals surface area (Å²) in [5, 5.41) is 0. The average molecular weight is 250 g/mol. The van der Waals surface area contributed by atoms with Crippen LogP contribution in [0, 0.1) is 0 Å². The Morgan fingerprint density at radius 3 is 2.61 bits per heavy atom. The molecule has 0 bridgehead atoms. The van der Waals surface area contributed by atoms with Gasteiger partial charge in [-0.2, -0.15) is 0 Å². The molecule has 1 aliphatic heterocycles. The van der Waals surface area contributed by atoms with E-state index >= 15 is 0 Å². The molecule has 0 saturated carbocycles. The van der Waals surface area contributed by atoms with Gasteiger partial charge in [-0.25, -0.2) is 9.97 Å². The van der Waals surface area contributed by atoms with Crippen LogP contribution in [0.5, 0.6) is 6.01 Å². The van der Waals surface area contributed by atoms with Crippen molar-refractivity contribution < 1.29 is 9.53 Å². The van der Waals surface area contributed by atoms with E-state index in [1.54, 1.807) is 12.4 Å². The Labute approximate surface area is 107 Å². The van der Waals surface area contributed by atoms with Crippen LogP contribution in [0.1, 0.15) is 12.5 Å². The van der Waals surface area contributed by atoms with Crippen LogP contribution >= 0.6 is 0 Å². The van der Waals surface area contributed by atoms with E-state index in [9.17, 15) is 4.79 Å². The van der Waals surface area contributed by atoms with Gasteiger partial charge in [-0.3, -0.25) is 9.69 Å². The van der Waals surface area contributed by atoms with Gasteiger partial charge in [-0.1, -0.05) is 0 Å². The van der Waals surface area contributed by atoms with Gasteiger partial charge >= 0.3 is 6.01 Å². The van der Waals surface area contributed by atoms with Crippen LogP contribution in [0.2, 0.25) is 0 Å². The number of nitrogens with zero attached hydrogens (tertiary/aromatic N) is 4. The number of amides is 1. The molecule has 1 fully saturated rings. The number of ether oxygens (including phenoxy) is 1. The second-order valence-electron chi connectivity index (χ2n) is 4.26. The average Bonchev–Trinajstić information content (AvgIpc) is 2.40. The molecule has 0 radical (unpaired) electrons. The van der Waals surface area contributed by atoms with Crippen LogP contribution in [-0.2, 0) is 11.3 Å². The zero-order chi connectivity index (χ0) is 13.0. The molecule has 2 heterocycles. The van der Waals surface area contributed by atoms with Crippen LogP contribution in [0.4, 0.5) is 0 Å². The van der Waals surface area contributed by atoms with Crippen molar-refractivity contribution in [3.8, 4) is 6.01 Å². The third-order valence-corrected chi connectivity index (χ3v) is 3.05. The number of carbonyl (C=O) groups is 1. The van der Waals surface area contributed by atoms with Crippen molar-refractivity contribution in [2.75, 3.05) is 33.3 Å². The molecule has 0 atom stereocenters. The molecule has 98 valence electrons. The highest BCUT2D eigenvalue weighted by molar-refractivity contribution is 5.78. The topological polar surface area (TPSA) is 58.6 Å². The summed E-state index contributed by atoms with van der Waals surface area (Å²) in [5.74, 6) is 0.193. The maximum Gasteiger partial charge on any atom is 0.316 e. The van der Waals surface area contributed by atoms with Gasteiger partial charge in [0, 0.05) is 44.1 Å². The Kier molecular flexibility index (Phi) is 4.09. The summed E-state index contributed by atoms with van der Waals surface area (Å²) >= 11 is 0. The molecule has 2 rings (SSSR count). The molecule has 0 aromatic carbocycles. The second kappa shape index (κ2) is 5.77. The highest BCUT2D eigenvalue weighted by Gasteiger charge is 2.22. The molecule has 0 unspecified atom stereocenters. The minimum atomic E-state index is 0.193. The molecule has 1 amide bonds. The molecule has 1 aliphatic rings. The predicted molar refractivity (Wildman–Crippen MR) is 66.1 cm³/mol. The van der Waals surface area contributed by atoms with E-state index in [0.717, 1.165) is 25.2 Å². The number of hydrogen-bond acceptors (Lipinski definition) is 5. The van der Waals surface area contributed by atoms with Crippen molar-refractivity contribution in [1.29, 1.82) is 0 Å². The van der Waals surface area contributed by atoms with E-state index in [0.29, 0.717) is 19.1 Å². The third-order valence-electron chi connectivity index (χ3n) is 3.05. The largest absolute Gasteiger partial charge is 0.467 e. The Morgan fingerprint density at radius 1 is 1.33 bits per heavy atom. The molecule has 0 aliphatic carbocycles. The summed E-state index contributed by atoms with van der Waals surface area (Å²) in [4.78, 5) is 23.9. The lowest BCUT2D eigenvalue weighted by Crippen LogP contribution is -2.49. The first-order chi connectivity index (χ1) is 8.72. The SMILES string of the molecule is CCN1CCN(Cc2cnc(OC)nc2)CC1=O. The van der Waals surface area contributed by atoms with Gasteiger partial charge < -0.3 is 9.64 Å². The van der Waals surface area contributed by atoms with E-state index in [1.165, 1.54) is 7.11 Å². The molecule has 6 heteroatoms. The zero-order valence-electron chi connectivity index (χ0n) is 10.8. The van der Waals surface area contributed by atoms with Crippen molar-refractivity contribution in [2.24, 2.45) is 0 Å². The smallest absolute Gasteiger partial charge is 0.316 e. The molecule has 0 N–H and O–H groups in total. The van der Waals surface area contributed by atoms with Gasteiger partial charge in [0.1, 0.15) is 0 Å². The number of rotatable bonds is 4. The normalized spacial score (nSPS) is 17.0. The lowest BCUT2D eigenvalue weighted by atomic mass is 10.2. The molecule has 18 heavy (non-hydrogen) atoms. The Hall–Kier alpha value is -1.69. The van der Waals surface area contributed by atoms with Gasteiger partial charge in [0.05, 0.1) is 13.7 Å². The number of hydrogen-bond donors (Lipinski definition) is 0. The highest BCUT2D eigenvalue weighted by Crippen LogP contribution is 2.09. The fourth-order valence-corrected chi connectivity index (χ4v) is 2.01. The van der Waals surface area contributed by atoms with Crippen molar-refractivity contribution in [1.82, 2.24) is 19.8 Å². The Balaban J connectivity index is 1.92. The van der Waals surface area contributed by atoms with Crippen LogP contribution in [0.3, 0.4) is 0 Å². The summed E-state index contributed by atoms with van der Waals surface area (Å²) in [7, 11) is 1.54. The van der Waals surface area contributed by atoms with Gasteiger partial charge in [-0.05, 0) is 6.92 Å². The van der Waals surface area contributed by atoms with Crippen molar-refractivity contribution >= 4 is 5.91 Å². The quantitative estimate of drug-likeness (QED) is 0.761. The molecule has 1 aromatic rings. The highest BCUT2D eigenvalue weighted by atomic mass is 16.5. The first-order valence-corrected chi connectivity index (χ1v) is 6.08. The van der Waals surface area contributed by atoms with Crippen molar-refractivity contribution in [2.45, 2.75) is 13.5 Å². The van der Waals surface area contributed by atoms with E-state index in [4.69, 9.17) is 4.74 Å². The molecule has 1 aromatic heterocycles. The van der Waals surface area contributed by atoms with Crippen LogP contribution in [0.15, 0.2) is 12.4 Å². The molecular formula is C12H18N4O2. The predicted octanol–water partition coefficient (Wildman–Crippen LogP) is 0.149. The minimum absolute atomic E-state index is 0.193. The fourth-order valence-electron chi connectivity index (χ4n) is 2.01. The first-order valence-electron chi connectivity index (χ1n) is 6.08. The summed E-state index contributed by atoms with van der Waals surface area (Å²) in [6.07, 6.45) is 3.48. The van der Waals surface area contributed by atoms with E-state index in [1.807, 2.05) is 11.8 Å². The summed E-state index contributed by atoms with van der Waals surface area (Å²) < 4.78 is 4.91. The van der Waals surface area contributed by atoms with Crippen molar-refractivity contribution in [3.05, 3.63) is 18.0 Å². The van der Waals surface area contributed by atoms with Gasteiger partial charge in [0.15, 0.2) is 0 Å². The summed E-state index contributed by atoms with van der Waals surface area (Å²) in [6, 6.07) is 0.366. The van der Waals surface area contributed by atoms with E-state index < -0.39 is 0 Å². The van der Waals surface area contributed by atoms with Crippen LogP contribution in [0.25, 0.3) is 0 Å². The maximum atomic E-state index is 11.8. The molecule has 6 nitrogen and oxygen atoms in total. The maximum absolute atomic E-state index is 11.8. The van der Waals surface area contributed by atoms with E-state index in [-0.39, 0.29) is 5.91 Å². The lowest BCUT2D eigenvalue weighted by Gasteiger charge is -2.33.